The van der Waals surface area contributed by atoms with Crippen LogP contribution >= 0.6 is 0 Å². The average Bonchev–Trinajstić information content (AvgIpc) is 3.38. The maximum absolute atomic E-state index is 13.7. The summed E-state index contributed by atoms with van der Waals surface area (Å²) in [5, 5.41) is 48.6. The molecule has 0 bridgehead atoms. The zero-order valence-electron chi connectivity index (χ0n) is 40.1. The molecule has 16 nitrogen and oxygen atoms in total. The zero-order chi connectivity index (χ0) is 52.7. The Hall–Kier alpha value is -6.80. The Balaban J connectivity index is 0.000000908. The summed E-state index contributed by atoms with van der Waals surface area (Å²) in [6.45, 7) is -0.0433. The van der Waals surface area contributed by atoms with Gasteiger partial charge < -0.3 is 41.9 Å². The Kier molecular flexibility index (Phi) is 32.6. The minimum Gasteiger partial charge on any atom is -1.00 e. The summed E-state index contributed by atoms with van der Waals surface area (Å²) in [5.74, 6) is -1.72. The van der Waals surface area contributed by atoms with Crippen LogP contribution in [-0.4, -0.2) is 28.0 Å². The molecule has 0 fully saturated rings. The number of anilines is 2. The van der Waals surface area contributed by atoms with Crippen LogP contribution in [0.25, 0.3) is 0 Å². The van der Waals surface area contributed by atoms with E-state index >= 15 is 0 Å². The smallest absolute Gasteiger partial charge is 1.00 e. The van der Waals surface area contributed by atoms with Crippen LogP contribution in [0.2, 0.25) is 0 Å². The van der Waals surface area contributed by atoms with Gasteiger partial charge in [0.2, 0.25) is 0 Å². The van der Waals surface area contributed by atoms with Gasteiger partial charge in [-0.25, -0.2) is 22.0 Å². The number of hydrogen-bond donors (Lipinski definition) is 3. The molecule has 0 spiro atoms. The Morgan fingerprint density at radius 2 is 0.919 bits per heavy atom. The first kappa shape index (κ1) is 65.2. The third-order valence-electron chi connectivity index (χ3n) is 8.21. The van der Waals surface area contributed by atoms with Crippen LogP contribution in [0.4, 0.5) is 44.7 Å². The van der Waals surface area contributed by atoms with Crippen LogP contribution in [0.5, 0.6) is 40.2 Å². The number of ether oxygens (including phenoxy) is 3. The van der Waals surface area contributed by atoms with Crippen molar-refractivity contribution in [2.45, 2.75) is 0 Å². The van der Waals surface area contributed by atoms with Crippen molar-refractivity contribution < 1.29 is 170 Å². The second-order valence-electron chi connectivity index (χ2n) is 13.3. The monoisotopic (exact) mass is 1070 g/mol. The van der Waals surface area contributed by atoms with Gasteiger partial charge in [0, 0.05) is 35.6 Å². The van der Waals surface area contributed by atoms with Crippen molar-refractivity contribution in [3.05, 3.63) is 243 Å². The number of halogens is 5. The number of carbonyl (C=O) groups is 1. The van der Waals surface area contributed by atoms with Crippen molar-refractivity contribution in [2.24, 2.45) is 0 Å². The van der Waals surface area contributed by atoms with Crippen molar-refractivity contribution in [3.63, 3.8) is 0 Å². The molecule has 0 unspecified atom stereocenters. The van der Waals surface area contributed by atoms with Gasteiger partial charge in [-0.2, -0.15) is 5.26 Å². The predicted molar refractivity (Wildman–Crippen MR) is 253 cm³/mol. The molecule has 0 radical (unpaired) electrons. The molecule has 0 heterocycles. The molecule has 0 amide bonds. The molecule has 4 N–H and O–H groups in total. The number of nitrogens with two attached hydrogens (primary N) is 1. The Morgan fingerprint density at radius 1 is 0.554 bits per heavy atom. The average molecular weight is 1070 g/mol. The molecule has 0 aromatic heterocycles. The van der Waals surface area contributed by atoms with Gasteiger partial charge in [0.15, 0.2) is 46.3 Å². The SMILES string of the molecule is N#CCNc1ccc(Oc2ccccc2)c(F)c1.Nc1ccc(Oc2ccccc2)c(F)c1.O=CO[O-].O=[N+]([O-])c1ccc(F)c(F)c1.O=[N+]([O-])c1ccc(Oc2ccccc2)c(F)c1.Oc1ccccc1.[H-].[K+].[K+]. The molecule has 74 heavy (non-hydrogen) atoms. The van der Waals surface area contributed by atoms with Gasteiger partial charge in [-0.1, -0.05) is 72.8 Å². The van der Waals surface area contributed by atoms with Crippen LogP contribution in [-0.2, 0) is 9.68 Å². The Bertz CT molecular complexity index is 2980. The van der Waals surface area contributed by atoms with E-state index in [-0.39, 0.29) is 140 Å². The molecule has 0 aliphatic carbocycles. The Labute approximate surface area is 506 Å². The standard InChI is InChI=1S/C14H11FN2O.C12H8FNO3.C12H10FNO.C6H3F2NO2.C6H6O.CH2O3.2K.H/c15-13-10-11(17-9-8-16)6-7-14(13)18-12-4-2-1-3-5-12;13-11-8-9(14(15)16)6-7-12(11)17-10-4-2-1-3-5-10;13-11-8-9(14)6-7-12(11)15-10-4-2-1-3-5-10;7-5-2-1-4(9(10)11)3-6(5)8;7-6-4-2-1-3-5-6;2-1-4-3;;;/h1-7,10,17H,9H2;1-8H;1-8H,14H2;1-3H;1-5,7H;1,3H;;;/q;;;;;;2*+1;-1/p-1. The number of rotatable bonds is 11. The minimum absolute atomic E-state index is 0. The third-order valence-corrected chi connectivity index (χ3v) is 8.21. The molecule has 372 valence electrons. The van der Waals surface area contributed by atoms with E-state index in [0.717, 1.165) is 12.1 Å². The fourth-order valence-electron chi connectivity index (χ4n) is 4.99. The number of nitro benzene ring substituents is 2. The first-order chi connectivity index (χ1) is 34.6. The summed E-state index contributed by atoms with van der Waals surface area (Å²) < 4.78 is 80.9. The van der Waals surface area contributed by atoms with Gasteiger partial charge in [-0.05, 0) is 84.9 Å². The number of nitro groups is 2. The van der Waals surface area contributed by atoms with Gasteiger partial charge in [-0.15, -0.1) is 0 Å². The van der Waals surface area contributed by atoms with Gasteiger partial charge in [0.1, 0.15) is 29.5 Å². The number of nitriles is 1. The molecular weight excluding hydrogens is 1030 g/mol. The number of non-ortho nitro benzene ring substituents is 2. The first-order valence-corrected chi connectivity index (χ1v) is 20.3. The number of phenolic OH excluding ortho intramolecular Hbond substituents is 1. The fourth-order valence-corrected chi connectivity index (χ4v) is 4.99. The largest absolute Gasteiger partial charge is 1.00 e. The molecule has 0 aliphatic rings. The zero-order valence-corrected chi connectivity index (χ0v) is 45.3. The molecule has 0 saturated heterocycles. The number of phenols is 1. The van der Waals surface area contributed by atoms with E-state index in [9.17, 15) is 42.2 Å². The van der Waals surface area contributed by atoms with E-state index in [4.69, 9.17) is 40.4 Å². The summed E-state index contributed by atoms with van der Waals surface area (Å²) in [7, 11) is 0. The van der Waals surface area contributed by atoms with Gasteiger partial charge in [0.25, 0.3) is 17.8 Å². The second-order valence-corrected chi connectivity index (χ2v) is 13.3. The number of hydrogen-bond acceptors (Lipinski definition) is 14. The number of nitrogens with zero attached hydrogens (tertiary/aromatic N) is 3. The van der Waals surface area contributed by atoms with E-state index in [1.54, 1.807) is 91.0 Å². The van der Waals surface area contributed by atoms with Crippen molar-refractivity contribution in [1.29, 1.82) is 5.26 Å². The number of nitrogen functional groups attached to an aromatic ring is 1. The van der Waals surface area contributed by atoms with Crippen LogP contribution in [0.15, 0.2) is 194 Å². The quantitative estimate of drug-likeness (QED) is 0.0194. The number of carbonyl (C=O) groups excluding carboxylic acids is 1. The number of para-hydroxylation sites is 4. The van der Waals surface area contributed by atoms with E-state index < -0.39 is 44.6 Å². The van der Waals surface area contributed by atoms with Crippen molar-refractivity contribution in [1.82, 2.24) is 0 Å². The summed E-state index contributed by atoms with van der Waals surface area (Å²) in [6.07, 6.45) is 0. The molecule has 8 aromatic carbocycles. The summed E-state index contributed by atoms with van der Waals surface area (Å²) in [4.78, 5) is 30.2. The van der Waals surface area contributed by atoms with Crippen LogP contribution in [0, 0.1) is 60.6 Å². The van der Waals surface area contributed by atoms with Crippen LogP contribution in [0.3, 0.4) is 0 Å². The van der Waals surface area contributed by atoms with Gasteiger partial charge in [0.05, 0.1) is 28.0 Å². The molecule has 0 aliphatic heterocycles. The topological polar surface area (TPSA) is 245 Å². The second kappa shape index (κ2) is 37.0. The number of nitrogens with one attached hydrogen (secondary N) is 1. The maximum Gasteiger partial charge on any atom is 1.00 e. The fraction of sp³-hybridized carbons (Fsp3) is 0.0196. The minimum atomic E-state index is -1.21. The first-order valence-electron chi connectivity index (χ1n) is 20.3. The van der Waals surface area contributed by atoms with E-state index in [1.165, 1.54) is 36.4 Å². The van der Waals surface area contributed by atoms with Crippen LogP contribution in [0.1, 0.15) is 1.43 Å². The van der Waals surface area contributed by atoms with Crippen LogP contribution < -0.4 is 133 Å². The van der Waals surface area contributed by atoms with Crippen molar-refractivity contribution >= 4 is 29.2 Å². The third kappa shape index (κ3) is 25.7. The summed E-state index contributed by atoms with van der Waals surface area (Å²) in [6, 6.07) is 51.6. The summed E-state index contributed by atoms with van der Waals surface area (Å²) >= 11 is 0. The van der Waals surface area contributed by atoms with E-state index in [2.05, 4.69) is 10.2 Å². The van der Waals surface area contributed by atoms with Gasteiger partial charge >= 0.3 is 103 Å². The van der Waals surface area contributed by atoms with Crippen molar-refractivity contribution in [2.75, 3.05) is 17.6 Å². The predicted octanol–water partition coefficient (Wildman–Crippen LogP) is 6.10. The van der Waals surface area contributed by atoms with Crippen molar-refractivity contribution in [3.8, 4) is 46.3 Å². The number of aromatic hydroxyl groups is 1. The molecule has 23 heteroatoms. The van der Waals surface area contributed by atoms with Gasteiger partial charge in [-0.3, -0.25) is 25.0 Å². The maximum atomic E-state index is 13.7. The molecule has 8 rings (SSSR count). The van der Waals surface area contributed by atoms with E-state index in [1.807, 2.05) is 48.5 Å². The van der Waals surface area contributed by atoms with E-state index in [0.29, 0.717) is 46.5 Å². The number of benzene rings is 8. The molecular formula is C51H40F5K2N5O11. The molecule has 0 saturated carbocycles. The molecule has 0 atom stereocenters. The summed E-state index contributed by atoms with van der Waals surface area (Å²) in [5.41, 5.74) is 5.60. The Morgan fingerprint density at radius 3 is 1.26 bits per heavy atom. The molecule has 8 aromatic rings. The normalized spacial score (nSPS) is 9.15.